The molecule has 1 aromatic heterocycles. The molecule has 0 aliphatic carbocycles. The largest absolute Gasteiger partial charge is 0.387 e. The minimum atomic E-state index is -0.914. The molecule has 0 bridgehead atoms. The zero-order valence-corrected chi connectivity index (χ0v) is 10.5. The molecule has 0 aliphatic rings. The molecular weight excluding hydrogens is 229 g/mol. The van der Waals surface area contributed by atoms with Crippen LogP contribution in [-0.2, 0) is 5.41 Å². The van der Waals surface area contributed by atoms with Crippen LogP contribution in [0.25, 0.3) is 0 Å². The summed E-state index contributed by atoms with van der Waals surface area (Å²) in [5.74, 6) is -0.478. The molecule has 0 saturated carbocycles. The number of aromatic nitrogens is 1. The smallest absolute Gasteiger partial charge is 0.147 e. The molecule has 0 spiro atoms. The summed E-state index contributed by atoms with van der Waals surface area (Å²) < 4.78 is 13.7. The van der Waals surface area contributed by atoms with Gasteiger partial charge in [0.05, 0.1) is 12.3 Å². The molecule has 3 heteroatoms. The fourth-order valence-corrected chi connectivity index (χ4v) is 2.02. The van der Waals surface area contributed by atoms with Crippen molar-refractivity contribution in [2.75, 3.05) is 0 Å². The zero-order valence-electron chi connectivity index (χ0n) is 10.5. The minimum Gasteiger partial charge on any atom is -0.387 e. The Hall–Kier alpha value is -1.74. The molecular formula is C15H16FNO. The summed E-state index contributed by atoms with van der Waals surface area (Å²) >= 11 is 0. The van der Waals surface area contributed by atoms with Crippen LogP contribution in [0.3, 0.4) is 0 Å². The maximum absolute atomic E-state index is 13.7. The number of hydrogen-bond donors (Lipinski definition) is 1. The molecule has 1 aromatic carbocycles. The second kappa shape index (κ2) is 4.86. The molecule has 94 valence electrons. The monoisotopic (exact) mass is 245 g/mol. The van der Waals surface area contributed by atoms with Gasteiger partial charge in [-0.15, -0.1) is 0 Å². The maximum Gasteiger partial charge on any atom is 0.147 e. The highest BCUT2D eigenvalue weighted by Gasteiger charge is 2.32. The van der Waals surface area contributed by atoms with E-state index in [1.54, 1.807) is 0 Å². The Morgan fingerprint density at radius 2 is 1.83 bits per heavy atom. The number of aliphatic hydroxyl groups is 1. The molecule has 1 atom stereocenters. The number of benzene rings is 1. The highest BCUT2D eigenvalue weighted by Crippen LogP contribution is 2.37. The zero-order chi connectivity index (χ0) is 13.2. The van der Waals surface area contributed by atoms with Gasteiger partial charge in [0.15, 0.2) is 0 Å². The molecule has 1 heterocycles. The third-order valence-electron chi connectivity index (χ3n) is 3.30. The van der Waals surface area contributed by atoms with E-state index in [4.69, 9.17) is 0 Å². The first-order valence-electron chi connectivity index (χ1n) is 5.86. The average Bonchev–Trinajstić information content (AvgIpc) is 2.39. The Bertz CT molecular complexity index is 525. The van der Waals surface area contributed by atoms with Crippen LogP contribution in [0.4, 0.5) is 4.39 Å². The second-order valence-electron chi connectivity index (χ2n) is 4.89. The number of halogens is 1. The molecule has 2 nitrogen and oxygen atoms in total. The summed E-state index contributed by atoms with van der Waals surface area (Å²) in [6.07, 6.45) is 1.70. The predicted molar refractivity (Wildman–Crippen MR) is 68.6 cm³/mol. The first-order chi connectivity index (χ1) is 8.53. The Balaban J connectivity index is 2.39. The van der Waals surface area contributed by atoms with Crippen molar-refractivity contribution in [3.8, 4) is 0 Å². The predicted octanol–water partition coefficient (Wildman–Crippen LogP) is 3.23. The van der Waals surface area contributed by atoms with Crippen molar-refractivity contribution in [2.45, 2.75) is 25.4 Å². The van der Waals surface area contributed by atoms with Crippen molar-refractivity contribution >= 4 is 0 Å². The van der Waals surface area contributed by atoms with Gasteiger partial charge in [0.25, 0.3) is 0 Å². The molecule has 18 heavy (non-hydrogen) atoms. The molecule has 2 rings (SSSR count). The van der Waals surface area contributed by atoms with Gasteiger partial charge in [0.2, 0.25) is 0 Å². The number of rotatable bonds is 3. The van der Waals surface area contributed by atoms with Gasteiger partial charge in [0, 0.05) is 17.2 Å². The summed E-state index contributed by atoms with van der Waals surface area (Å²) in [4.78, 5) is 3.70. The lowest BCUT2D eigenvalue weighted by molar-refractivity contribution is 0.0964. The Morgan fingerprint density at radius 3 is 2.44 bits per heavy atom. The van der Waals surface area contributed by atoms with Crippen LogP contribution in [0.5, 0.6) is 0 Å². The van der Waals surface area contributed by atoms with Crippen LogP contribution < -0.4 is 0 Å². The average molecular weight is 245 g/mol. The van der Waals surface area contributed by atoms with Crippen LogP contribution in [-0.4, -0.2) is 10.1 Å². The summed E-state index contributed by atoms with van der Waals surface area (Å²) in [5, 5.41) is 10.4. The molecule has 0 radical (unpaired) electrons. The van der Waals surface area contributed by atoms with E-state index in [1.165, 1.54) is 12.3 Å². The van der Waals surface area contributed by atoms with Crippen molar-refractivity contribution in [3.05, 3.63) is 65.7 Å². The van der Waals surface area contributed by atoms with Crippen molar-refractivity contribution in [1.29, 1.82) is 0 Å². The van der Waals surface area contributed by atoms with Gasteiger partial charge in [-0.1, -0.05) is 44.2 Å². The van der Waals surface area contributed by atoms with E-state index in [2.05, 4.69) is 4.98 Å². The molecule has 1 unspecified atom stereocenters. The van der Waals surface area contributed by atoms with E-state index in [1.807, 2.05) is 44.2 Å². The highest BCUT2D eigenvalue weighted by molar-refractivity contribution is 5.30. The van der Waals surface area contributed by atoms with E-state index in [-0.39, 0.29) is 5.56 Å². The molecule has 0 saturated heterocycles. The van der Waals surface area contributed by atoms with E-state index in [0.29, 0.717) is 0 Å². The Kier molecular flexibility index (Phi) is 3.43. The molecule has 1 N–H and O–H groups in total. The van der Waals surface area contributed by atoms with Gasteiger partial charge >= 0.3 is 0 Å². The first-order valence-corrected chi connectivity index (χ1v) is 5.86. The lowest BCUT2D eigenvalue weighted by atomic mass is 9.77. The van der Waals surface area contributed by atoms with Crippen LogP contribution in [0.15, 0.2) is 48.8 Å². The lowest BCUT2D eigenvalue weighted by Gasteiger charge is -2.31. The van der Waals surface area contributed by atoms with Crippen molar-refractivity contribution < 1.29 is 9.50 Å². The van der Waals surface area contributed by atoms with Gasteiger partial charge in [-0.3, -0.25) is 4.98 Å². The van der Waals surface area contributed by atoms with Crippen LogP contribution in [0.2, 0.25) is 0 Å². The third kappa shape index (κ3) is 2.27. The minimum absolute atomic E-state index is 0.277. The molecule has 2 aromatic rings. The summed E-state index contributed by atoms with van der Waals surface area (Å²) in [7, 11) is 0. The van der Waals surface area contributed by atoms with Gasteiger partial charge in [0.1, 0.15) is 5.82 Å². The highest BCUT2D eigenvalue weighted by atomic mass is 19.1. The molecule has 0 aliphatic heterocycles. The van der Waals surface area contributed by atoms with E-state index in [0.717, 1.165) is 11.8 Å². The molecule has 0 fully saturated rings. The summed E-state index contributed by atoms with van der Waals surface area (Å²) in [6.45, 7) is 3.79. The third-order valence-corrected chi connectivity index (χ3v) is 3.30. The standard InChI is InChI=1S/C15H16FNO/c1-15(2,11-6-4-3-5-7-11)14(18)12-8-9-17-10-13(12)16/h3-10,14,18H,1-2H3. The van der Waals surface area contributed by atoms with Gasteiger partial charge in [-0.05, 0) is 11.6 Å². The fourth-order valence-electron chi connectivity index (χ4n) is 2.02. The Morgan fingerprint density at radius 1 is 1.17 bits per heavy atom. The number of hydrogen-bond acceptors (Lipinski definition) is 2. The van der Waals surface area contributed by atoms with Gasteiger partial charge in [-0.25, -0.2) is 4.39 Å². The van der Waals surface area contributed by atoms with Gasteiger partial charge < -0.3 is 5.11 Å². The SMILES string of the molecule is CC(C)(c1ccccc1)C(O)c1ccncc1F. The van der Waals surface area contributed by atoms with E-state index < -0.39 is 17.3 Å². The van der Waals surface area contributed by atoms with Gasteiger partial charge in [-0.2, -0.15) is 0 Å². The first kappa shape index (κ1) is 12.7. The number of nitrogens with zero attached hydrogens (tertiary/aromatic N) is 1. The second-order valence-corrected chi connectivity index (χ2v) is 4.89. The quantitative estimate of drug-likeness (QED) is 0.900. The van der Waals surface area contributed by atoms with Crippen molar-refractivity contribution in [2.24, 2.45) is 0 Å². The fraction of sp³-hybridized carbons (Fsp3) is 0.267. The number of aliphatic hydroxyl groups excluding tert-OH is 1. The Labute approximate surface area is 106 Å². The van der Waals surface area contributed by atoms with Crippen molar-refractivity contribution in [3.63, 3.8) is 0 Å². The summed E-state index contributed by atoms with van der Waals surface area (Å²) in [5.41, 5.74) is 0.677. The van der Waals surface area contributed by atoms with E-state index >= 15 is 0 Å². The maximum atomic E-state index is 13.7. The van der Waals surface area contributed by atoms with Crippen LogP contribution in [0.1, 0.15) is 31.1 Å². The summed E-state index contributed by atoms with van der Waals surface area (Å²) in [6, 6.07) is 11.1. The van der Waals surface area contributed by atoms with E-state index in [9.17, 15) is 9.50 Å². The topological polar surface area (TPSA) is 33.1 Å². The lowest BCUT2D eigenvalue weighted by Crippen LogP contribution is -2.27. The normalized spacial score (nSPS) is 13.3. The van der Waals surface area contributed by atoms with Crippen molar-refractivity contribution in [1.82, 2.24) is 4.98 Å². The number of pyridine rings is 1. The van der Waals surface area contributed by atoms with Crippen LogP contribution in [0, 0.1) is 5.82 Å². The molecule has 0 amide bonds. The van der Waals surface area contributed by atoms with Crippen LogP contribution >= 0.6 is 0 Å².